The van der Waals surface area contributed by atoms with Crippen LogP contribution in [0.5, 0.6) is 0 Å². The van der Waals surface area contributed by atoms with Crippen LogP contribution < -0.4 is 16.1 Å². The van der Waals surface area contributed by atoms with Crippen LogP contribution in [0.2, 0.25) is 0 Å². The number of amides is 3. The molecule has 1 unspecified atom stereocenters. The second kappa shape index (κ2) is 6.13. The van der Waals surface area contributed by atoms with Crippen molar-refractivity contribution in [3.8, 4) is 0 Å². The Bertz CT molecular complexity index is 390. The van der Waals surface area contributed by atoms with Gasteiger partial charge >= 0.3 is 0 Å². The average molecular weight is 254 g/mol. The SMILES string of the molecule is CC(C)NC(=O)C(C)NC(=O)C1=NNC(=O)CC1. The van der Waals surface area contributed by atoms with E-state index >= 15 is 0 Å². The summed E-state index contributed by atoms with van der Waals surface area (Å²) in [4.78, 5) is 34.2. The molecule has 0 aliphatic carbocycles. The number of hydrazone groups is 1. The van der Waals surface area contributed by atoms with Crippen molar-refractivity contribution < 1.29 is 14.4 Å². The van der Waals surface area contributed by atoms with Crippen LogP contribution in [0.25, 0.3) is 0 Å². The third-order valence-electron chi connectivity index (χ3n) is 2.34. The smallest absolute Gasteiger partial charge is 0.268 e. The van der Waals surface area contributed by atoms with E-state index in [2.05, 4.69) is 21.2 Å². The lowest BCUT2D eigenvalue weighted by atomic mass is 10.1. The Morgan fingerprint density at radius 1 is 1.22 bits per heavy atom. The standard InChI is InChI=1S/C11H18N4O3/c1-6(2)12-10(17)7(3)13-11(18)8-4-5-9(16)15-14-8/h6-7H,4-5H2,1-3H3,(H,12,17)(H,13,18)(H,15,16). The molecule has 100 valence electrons. The largest absolute Gasteiger partial charge is 0.352 e. The first-order chi connectivity index (χ1) is 8.40. The predicted octanol–water partition coefficient (Wildman–Crippen LogP) is -0.718. The number of rotatable bonds is 4. The minimum Gasteiger partial charge on any atom is -0.352 e. The molecule has 0 fully saturated rings. The number of hydrogen-bond acceptors (Lipinski definition) is 4. The van der Waals surface area contributed by atoms with Crippen molar-refractivity contribution in [1.82, 2.24) is 16.1 Å². The Kier molecular flexibility index (Phi) is 4.82. The van der Waals surface area contributed by atoms with Crippen LogP contribution in [0.1, 0.15) is 33.6 Å². The van der Waals surface area contributed by atoms with Gasteiger partial charge < -0.3 is 10.6 Å². The lowest BCUT2D eigenvalue weighted by Crippen LogP contribution is -2.49. The molecule has 7 heteroatoms. The van der Waals surface area contributed by atoms with E-state index in [0.717, 1.165) is 0 Å². The van der Waals surface area contributed by atoms with E-state index in [0.29, 0.717) is 0 Å². The number of nitrogens with zero attached hydrogens (tertiary/aromatic N) is 1. The molecule has 1 rings (SSSR count). The van der Waals surface area contributed by atoms with Gasteiger partial charge in [-0.25, -0.2) is 5.43 Å². The van der Waals surface area contributed by atoms with Gasteiger partial charge in [-0.15, -0.1) is 0 Å². The van der Waals surface area contributed by atoms with Crippen molar-refractivity contribution in [3.05, 3.63) is 0 Å². The number of carbonyl (C=O) groups is 3. The fraction of sp³-hybridized carbons (Fsp3) is 0.636. The van der Waals surface area contributed by atoms with Crippen LogP contribution in [0.3, 0.4) is 0 Å². The molecule has 3 amide bonds. The normalized spacial score (nSPS) is 16.7. The van der Waals surface area contributed by atoms with Crippen molar-refractivity contribution in [2.24, 2.45) is 5.10 Å². The predicted molar refractivity (Wildman–Crippen MR) is 65.7 cm³/mol. The Hall–Kier alpha value is -1.92. The zero-order chi connectivity index (χ0) is 13.7. The molecule has 7 nitrogen and oxygen atoms in total. The van der Waals surface area contributed by atoms with Gasteiger partial charge in [0.05, 0.1) is 0 Å². The molecule has 1 aliphatic rings. The van der Waals surface area contributed by atoms with Gasteiger partial charge in [0.2, 0.25) is 11.8 Å². The van der Waals surface area contributed by atoms with Crippen molar-refractivity contribution in [2.75, 3.05) is 0 Å². The second-order valence-electron chi connectivity index (χ2n) is 4.45. The highest BCUT2D eigenvalue weighted by Crippen LogP contribution is 2.00. The monoisotopic (exact) mass is 254 g/mol. The summed E-state index contributed by atoms with van der Waals surface area (Å²) in [6.07, 6.45) is 0.523. The Balaban J connectivity index is 2.49. The van der Waals surface area contributed by atoms with Gasteiger partial charge in [0.25, 0.3) is 5.91 Å². The van der Waals surface area contributed by atoms with E-state index in [1.54, 1.807) is 6.92 Å². The summed E-state index contributed by atoms with van der Waals surface area (Å²) in [6, 6.07) is -0.622. The van der Waals surface area contributed by atoms with Crippen molar-refractivity contribution >= 4 is 23.4 Å². The zero-order valence-electron chi connectivity index (χ0n) is 10.7. The molecule has 0 spiro atoms. The fourth-order valence-corrected chi connectivity index (χ4v) is 1.39. The maximum atomic E-state index is 11.7. The Morgan fingerprint density at radius 2 is 1.89 bits per heavy atom. The van der Waals surface area contributed by atoms with Crippen LogP contribution in [0.4, 0.5) is 0 Å². The van der Waals surface area contributed by atoms with E-state index in [1.165, 1.54) is 0 Å². The summed E-state index contributed by atoms with van der Waals surface area (Å²) in [6.45, 7) is 5.28. The average Bonchev–Trinajstić information content (AvgIpc) is 2.28. The van der Waals surface area contributed by atoms with Gasteiger partial charge in [0, 0.05) is 18.9 Å². The first-order valence-corrected chi connectivity index (χ1v) is 5.86. The summed E-state index contributed by atoms with van der Waals surface area (Å²) < 4.78 is 0. The minimum atomic E-state index is -0.639. The van der Waals surface area contributed by atoms with E-state index in [1.807, 2.05) is 13.8 Å². The Morgan fingerprint density at radius 3 is 2.39 bits per heavy atom. The number of hydrogen-bond donors (Lipinski definition) is 3. The number of carbonyl (C=O) groups excluding carboxylic acids is 3. The van der Waals surface area contributed by atoms with Gasteiger partial charge in [-0.1, -0.05) is 0 Å². The molecule has 18 heavy (non-hydrogen) atoms. The summed E-state index contributed by atoms with van der Waals surface area (Å²) in [5.41, 5.74) is 2.47. The molecular formula is C11H18N4O3. The maximum Gasteiger partial charge on any atom is 0.268 e. The highest BCUT2D eigenvalue weighted by atomic mass is 16.2. The van der Waals surface area contributed by atoms with Gasteiger partial charge in [-0.05, 0) is 20.8 Å². The third kappa shape index (κ3) is 4.15. The van der Waals surface area contributed by atoms with E-state index in [9.17, 15) is 14.4 Å². The topological polar surface area (TPSA) is 99.7 Å². The summed E-state index contributed by atoms with van der Waals surface area (Å²) in [5, 5.41) is 8.89. The first kappa shape index (κ1) is 14.1. The fourth-order valence-electron chi connectivity index (χ4n) is 1.39. The molecule has 1 atom stereocenters. The molecule has 1 heterocycles. The number of nitrogens with one attached hydrogen (secondary N) is 3. The molecule has 0 bridgehead atoms. The molecule has 0 aromatic rings. The highest BCUT2D eigenvalue weighted by molar-refractivity contribution is 6.39. The van der Waals surface area contributed by atoms with Crippen molar-refractivity contribution in [3.63, 3.8) is 0 Å². The summed E-state index contributed by atoms with van der Waals surface area (Å²) in [7, 11) is 0. The summed E-state index contributed by atoms with van der Waals surface area (Å²) >= 11 is 0. The van der Waals surface area contributed by atoms with E-state index < -0.39 is 11.9 Å². The Labute approximate surface area is 105 Å². The van der Waals surface area contributed by atoms with Crippen molar-refractivity contribution in [2.45, 2.75) is 45.7 Å². The molecule has 0 saturated carbocycles. The molecule has 0 saturated heterocycles. The quantitative estimate of drug-likeness (QED) is 0.617. The zero-order valence-corrected chi connectivity index (χ0v) is 10.7. The third-order valence-corrected chi connectivity index (χ3v) is 2.34. The van der Waals surface area contributed by atoms with E-state index in [-0.39, 0.29) is 36.4 Å². The van der Waals surface area contributed by atoms with E-state index in [4.69, 9.17) is 0 Å². The van der Waals surface area contributed by atoms with Gasteiger partial charge in [0.1, 0.15) is 11.8 Å². The van der Waals surface area contributed by atoms with Crippen LogP contribution in [0.15, 0.2) is 5.10 Å². The minimum absolute atomic E-state index is 0.0168. The van der Waals surface area contributed by atoms with Crippen LogP contribution in [-0.2, 0) is 14.4 Å². The first-order valence-electron chi connectivity index (χ1n) is 5.86. The molecule has 0 aromatic heterocycles. The van der Waals surface area contributed by atoms with Crippen LogP contribution in [0, 0.1) is 0 Å². The van der Waals surface area contributed by atoms with Crippen molar-refractivity contribution in [1.29, 1.82) is 0 Å². The molecule has 3 N–H and O–H groups in total. The second-order valence-corrected chi connectivity index (χ2v) is 4.45. The molecule has 0 aromatic carbocycles. The molecular weight excluding hydrogens is 236 g/mol. The molecule has 0 radical (unpaired) electrons. The van der Waals surface area contributed by atoms with Crippen LogP contribution in [-0.4, -0.2) is 35.5 Å². The highest BCUT2D eigenvalue weighted by Gasteiger charge is 2.22. The van der Waals surface area contributed by atoms with Gasteiger partial charge in [0.15, 0.2) is 0 Å². The summed E-state index contributed by atoms with van der Waals surface area (Å²) in [5.74, 6) is -0.891. The van der Waals surface area contributed by atoms with Gasteiger partial charge in [-0.3, -0.25) is 14.4 Å². The van der Waals surface area contributed by atoms with Crippen LogP contribution >= 0.6 is 0 Å². The molecule has 1 aliphatic heterocycles. The lowest BCUT2D eigenvalue weighted by Gasteiger charge is -2.17. The van der Waals surface area contributed by atoms with Gasteiger partial charge in [-0.2, -0.15) is 5.10 Å². The maximum absolute atomic E-state index is 11.7. The lowest BCUT2D eigenvalue weighted by molar-refractivity contribution is -0.126.